The fraction of sp³-hybridized carbons (Fsp3) is 0.611. The maximum absolute atomic E-state index is 13.1. The zero-order chi connectivity index (χ0) is 22.2. The Balaban J connectivity index is 1.81. The van der Waals surface area contributed by atoms with E-state index in [0.29, 0.717) is 6.42 Å². The molecule has 0 radical (unpaired) electrons. The number of aliphatic hydroxyl groups excluding tert-OH is 2. The normalized spacial score (nSPS) is 20.2. The highest BCUT2D eigenvalue weighted by Crippen LogP contribution is 2.53. The smallest absolute Gasteiger partial charge is 0.331 e. The number of anilines is 1. The molecule has 1 aliphatic carbocycles. The summed E-state index contributed by atoms with van der Waals surface area (Å²) in [5, 5.41) is 21.0. The number of aromatic amines is 1. The molecule has 166 valence electrons. The molecule has 0 amide bonds. The Morgan fingerprint density at radius 2 is 1.90 bits per heavy atom. The second-order valence-electron chi connectivity index (χ2n) is 7.93. The lowest BCUT2D eigenvalue weighted by atomic mass is 10.0. The number of hydrogen-bond acceptors (Lipinski definition) is 9. The van der Waals surface area contributed by atoms with E-state index in [0.717, 1.165) is 0 Å². The van der Waals surface area contributed by atoms with E-state index in [4.69, 9.17) is 14.8 Å². The van der Waals surface area contributed by atoms with Crippen molar-refractivity contribution in [2.45, 2.75) is 58.8 Å². The third-order valence-corrected chi connectivity index (χ3v) is 7.04. The number of nitrogens with one attached hydrogen (secondary N) is 1. The molecule has 0 aromatic carbocycles. The Morgan fingerprint density at radius 3 is 2.50 bits per heavy atom. The zero-order valence-corrected chi connectivity index (χ0v) is 18.3. The lowest BCUT2D eigenvalue weighted by Gasteiger charge is -2.24. The number of allylic oxidation sites excluding steroid dienone is 2. The van der Waals surface area contributed by atoms with Gasteiger partial charge in [0.15, 0.2) is 16.9 Å². The van der Waals surface area contributed by atoms with Crippen LogP contribution in [-0.4, -0.2) is 48.1 Å². The number of fused-ring (bicyclic) bond motifs is 1. The quantitative estimate of drug-likeness (QED) is 0.450. The van der Waals surface area contributed by atoms with Gasteiger partial charge in [0, 0.05) is 5.92 Å². The molecule has 11 nitrogen and oxygen atoms in total. The molecule has 12 heteroatoms. The van der Waals surface area contributed by atoms with E-state index < -0.39 is 25.1 Å². The van der Waals surface area contributed by atoms with Gasteiger partial charge in [-0.15, -0.1) is 0 Å². The lowest BCUT2D eigenvalue weighted by molar-refractivity contribution is 0.141. The van der Waals surface area contributed by atoms with Gasteiger partial charge in [0.05, 0.1) is 30.7 Å². The molecule has 0 saturated carbocycles. The summed E-state index contributed by atoms with van der Waals surface area (Å²) in [6.45, 7) is 7.09. The van der Waals surface area contributed by atoms with Crippen LogP contribution in [0.1, 0.15) is 46.6 Å². The fourth-order valence-electron chi connectivity index (χ4n) is 3.63. The molecule has 0 spiro atoms. The predicted molar refractivity (Wildman–Crippen MR) is 112 cm³/mol. The Kier molecular flexibility index (Phi) is 6.26. The van der Waals surface area contributed by atoms with Gasteiger partial charge in [-0.05, 0) is 40.5 Å². The Labute approximate surface area is 173 Å². The number of rotatable bonds is 8. The van der Waals surface area contributed by atoms with E-state index >= 15 is 0 Å². The molecular formula is C18H28N5O6P. The molecule has 0 aliphatic heterocycles. The SMILES string of the molecule is CC(C)OP(=O)(CC[C@H]1C[C@@H](n2cnc3c(=O)[nH]c(N)nc32)C(O)=C1O)OC(C)C. The van der Waals surface area contributed by atoms with Crippen LogP contribution in [0.2, 0.25) is 0 Å². The van der Waals surface area contributed by atoms with Gasteiger partial charge in [-0.2, -0.15) is 4.98 Å². The van der Waals surface area contributed by atoms with Crippen molar-refractivity contribution < 1.29 is 23.8 Å². The van der Waals surface area contributed by atoms with Crippen LogP contribution in [0, 0.1) is 5.92 Å². The summed E-state index contributed by atoms with van der Waals surface area (Å²) in [5.41, 5.74) is 5.43. The van der Waals surface area contributed by atoms with E-state index in [2.05, 4.69) is 15.0 Å². The summed E-state index contributed by atoms with van der Waals surface area (Å²) in [6, 6.07) is -0.676. The van der Waals surface area contributed by atoms with Gasteiger partial charge < -0.3 is 29.6 Å². The standard InChI is InChI=1S/C18H28N5O6P/c1-9(2)28-30(27,29-10(3)4)6-5-11-7-12(15(25)14(11)24)23-8-20-13-16(23)21-18(19)22-17(13)26/h8-12,24-25H,5-7H2,1-4H3,(H3,19,21,22,26)/t11-,12+/m0/s1. The molecule has 2 aromatic heterocycles. The number of hydrogen-bond donors (Lipinski definition) is 4. The number of nitrogen functional groups attached to an aromatic ring is 1. The van der Waals surface area contributed by atoms with Crippen LogP contribution in [0.4, 0.5) is 5.95 Å². The van der Waals surface area contributed by atoms with Crippen molar-refractivity contribution in [3.8, 4) is 0 Å². The van der Waals surface area contributed by atoms with Gasteiger partial charge in [-0.25, -0.2) is 4.98 Å². The van der Waals surface area contributed by atoms with Gasteiger partial charge in [0.2, 0.25) is 5.95 Å². The van der Waals surface area contributed by atoms with E-state index in [9.17, 15) is 19.6 Å². The summed E-state index contributed by atoms with van der Waals surface area (Å²) in [7, 11) is -3.37. The second-order valence-corrected chi connectivity index (χ2v) is 10.0. The van der Waals surface area contributed by atoms with Crippen LogP contribution in [0.3, 0.4) is 0 Å². The van der Waals surface area contributed by atoms with Crippen molar-refractivity contribution in [1.29, 1.82) is 0 Å². The van der Waals surface area contributed by atoms with Crippen LogP contribution in [-0.2, 0) is 13.6 Å². The van der Waals surface area contributed by atoms with Gasteiger partial charge in [0.1, 0.15) is 5.76 Å². The molecule has 0 unspecified atom stereocenters. The zero-order valence-electron chi connectivity index (χ0n) is 17.4. The average Bonchev–Trinajstić information content (AvgIpc) is 3.14. The summed E-state index contributed by atoms with van der Waals surface area (Å²) >= 11 is 0. The molecule has 0 saturated heterocycles. The highest BCUT2D eigenvalue weighted by Gasteiger charge is 2.38. The van der Waals surface area contributed by atoms with E-state index in [-0.39, 0.29) is 53.4 Å². The third kappa shape index (κ3) is 4.53. The first-order chi connectivity index (χ1) is 14.0. The Bertz CT molecular complexity index is 1050. The number of nitrogens with two attached hydrogens (primary N) is 1. The molecule has 0 fully saturated rings. The van der Waals surface area contributed by atoms with Crippen molar-refractivity contribution in [1.82, 2.24) is 19.5 Å². The topological polar surface area (TPSA) is 166 Å². The number of imidazole rings is 1. The molecule has 0 bridgehead atoms. The average molecular weight is 441 g/mol. The number of aromatic nitrogens is 4. The highest BCUT2D eigenvalue weighted by atomic mass is 31.2. The highest BCUT2D eigenvalue weighted by molar-refractivity contribution is 7.53. The largest absolute Gasteiger partial charge is 0.508 e. The van der Waals surface area contributed by atoms with Crippen molar-refractivity contribution in [3.63, 3.8) is 0 Å². The third-order valence-electron chi connectivity index (χ3n) is 4.75. The summed E-state index contributed by atoms with van der Waals surface area (Å²) in [6.07, 6.45) is 1.49. The molecule has 3 rings (SSSR count). The van der Waals surface area contributed by atoms with E-state index in [1.165, 1.54) is 10.9 Å². The minimum atomic E-state index is -3.37. The monoisotopic (exact) mass is 441 g/mol. The molecule has 1 aliphatic rings. The van der Waals surface area contributed by atoms with Crippen LogP contribution in [0.5, 0.6) is 0 Å². The Morgan fingerprint density at radius 1 is 1.27 bits per heavy atom. The fourth-order valence-corrected chi connectivity index (χ4v) is 5.80. The van der Waals surface area contributed by atoms with Crippen LogP contribution in [0.15, 0.2) is 22.6 Å². The van der Waals surface area contributed by atoms with Gasteiger partial charge in [-0.1, -0.05) is 0 Å². The van der Waals surface area contributed by atoms with E-state index in [1.54, 1.807) is 27.7 Å². The maximum Gasteiger partial charge on any atom is 0.331 e. The first-order valence-electron chi connectivity index (χ1n) is 9.81. The number of H-pyrrole nitrogens is 1. The predicted octanol–water partition coefficient (Wildman–Crippen LogP) is 3.02. The minimum Gasteiger partial charge on any atom is -0.508 e. The maximum atomic E-state index is 13.1. The molecule has 2 aromatic rings. The minimum absolute atomic E-state index is 0.0749. The van der Waals surface area contributed by atoms with Crippen molar-refractivity contribution in [2.24, 2.45) is 5.92 Å². The van der Waals surface area contributed by atoms with Crippen molar-refractivity contribution >= 4 is 24.7 Å². The van der Waals surface area contributed by atoms with Crippen molar-refractivity contribution in [2.75, 3.05) is 11.9 Å². The molecule has 2 atom stereocenters. The molecule has 5 N–H and O–H groups in total. The van der Waals surface area contributed by atoms with Crippen LogP contribution in [0.25, 0.3) is 11.2 Å². The summed E-state index contributed by atoms with van der Waals surface area (Å²) < 4.78 is 25.7. The van der Waals surface area contributed by atoms with Crippen LogP contribution >= 0.6 is 7.60 Å². The number of aliphatic hydroxyl groups is 2. The lowest BCUT2D eigenvalue weighted by Crippen LogP contribution is -2.15. The van der Waals surface area contributed by atoms with Gasteiger partial charge in [0.25, 0.3) is 5.56 Å². The first-order valence-corrected chi connectivity index (χ1v) is 11.5. The number of nitrogens with zero attached hydrogens (tertiary/aromatic N) is 3. The van der Waals surface area contributed by atoms with Crippen molar-refractivity contribution in [3.05, 3.63) is 28.2 Å². The van der Waals surface area contributed by atoms with Crippen LogP contribution < -0.4 is 11.3 Å². The summed E-state index contributed by atoms with van der Waals surface area (Å²) in [5.74, 6) is -0.981. The second kappa shape index (κ2) is 8.41. The molecule has 2 heterocycles. The Hall–Kier alpha value is -2.36. The molecule has 30 heavy (non-hydrogen) atoms. The van der Waals surface area contributed by atoms with E-state index in [1.807, 2.05) is 0 Å². The van der Waals surface area contributed by atoms with Gasteiger partial charge in [-0.3, -0.25) is 14.3 Å². The van der Waals surface area contributed by atoms with Gasteiger partial charge >= 0.3 is 7.60 Å². The first kappa shape index (κ1) is 22.3. The molecular weight excluding hydrogens is 413 g/mol. The summed E-state index contributed by atoms with van der Waals surface area (Å²) in [4.78, 5) is 22.5.